The molecule has 0 fully saturated rings. The molecule has 0 spiro atoms. The number of carbonyl (C=O) groups is 1. The van der Waals surface area contributed by atoms with Crippen LogP contribution in [0.1, 0.15) is 20.3 Å². The normalized spacial score (nSPS) is 15.6. The van der Waals surface area contributed by atoms with Crippen LogP contribution in [0.5, 0.6) is 0 Å². The number of rotatable bonds is 4. The molecule has 1 amide bonds. The van der Waals surface area contributed by atoms with Gasteiger partial charge in [0.25, 0.3) is 5.91 Å². The van der Waals surface area contributed by atoms with Gasteiger partial charge < -0.3 is 5.32 Å². The number of nitrogens with one attached hydrogen (secondary N) is 1. The van der Waals surface area contributed by atoms with E-state index in [2.05, 4.69) is 0 Å². The lowest BCUT2D eigenvalue weighted by atomic mass is 10.0. The van der Waals surface area contributed by atoms with Crippen molar-refractivity contribution in [1.82, 2.24) is 5.32 Å². The van der Waals surface area contributed by atoms with Crippen LogP contribution in [-0.2, 0) is 4.79 Å². The molecule has 0 radical (unpaired) electrons. The fourth-order valence-corrected chi connectivity index (χ4v) is 0.628. The zero-order valence-corrected chi connectivity index (χ0v) is 8.15. The molecule has 1 unspecified atom stereocenters. The van der Waals surface area contributed by atoms with E-state index in [1.807, 2.05) is 0 Å². The summed E-state index contributed by atoms with van der Waals surface area (Å²) in [6, 6.07) is 1.56. The summed E-state index contributed by atoms with van der Waals surface area (Å²) in [6.45, 7) is 2.64. The van der Waals surface area contributed by atoms with Crippen LogP contribution in [0.15, 0.2) is 0 Å². The van der Waals surface area contributed by atoms with Crippen molar-refractivity contribution in [1.29, 1.82) is 5.26 Å². The molecular weight excluding hydrogens is 216 g/mol. The van der Waals surface area contributed by atoms with Crippen molar-refractivity contribution in [3.05, 3.63) is 0 Å². The van der Waals surface area contributed by atoms with E-state index in [1.165, 1.54) is 13.8 Å². The van der Waals surface area contributed by atoms with Gasteiger partial charge >= 0.3 is 12.3 Å². The van der Waals surface area contributed by atoms with Crippen molar-refractivity contribution in [2.24, 2.45) is 0 Å². The fraction of sp³-hybridized carbons (Fsp3) is 0.750. The van der Waals surface area contributed by atoms with E-state index in [0.29, 0.717) is 0 Å². The predicted molar refractivity (Wildman–Crippen MR) is 43.4 cm³/mol. The summed E-state index contributed by atoms with van der Waals surface area (Å²) in [6.07, 6.45) is -4.05. The number of hydrogen-bond acceptors (Lipinski definition) is 2. The zero-order chi connectivity index (χ0) is 12.3. The standard InChI is InChI=1S/C8H10F4N2O/c1-3-7(2,4-13)14-6(15)8(11,12)5(9)10/h5H,3H2,1-2H3,(H,14,15). The molecule has 0 saturated carbocycles. The summed E-state index contributed by atoms with van der Waals surface area (Å²) >= 11 is 0. The second-order valence-corrected chi connectivity index (χ2v) is 3.18. The largest absolute Gasteiger partial charge is 0.383 e. The van der Waals surface area contributed by atoms with Crippen LogP contribution < -0.4 is 5.32 Å². The number of carbonyl (C=O) groups excluding carboxylic acids is 1. The first-order valence-electron chi connectivity index (χ1n) is 4.09. The molecule has 0 aliphatic rings. The number of alkyl halides is 4. The molecule has 7 heteroatoms. The molecule has 86 valence electrons. The number of nitrogens with zero attached hydrogens (tertiary/aromatic N) is 1. The van der Waals surface area contributed by atoms with Gasteiger partial charge in [-0.3, -0.25) is 4.79 Å². The lowest BCUT2D eigenvalue weighted by Gasteiger charge is -2.24. The first-order valence-corrected chi connectivity index (χ1v) is 4.09. The maximum Gasteiger partial charge on any atom is 0.383 e. The Morgan fingerprint density at radius 3 is 2.27 bits per heavy atom. The Morgan fingerprint density at radius 1 is 1.53 bits per heavy atom. The smallest absolute Gasteiger partial charge is 0.333 e. The van der Waals surface area contributed by atoms with Crippen LogP contribution in [-0.4, -0.2) is 23.8 Å². The van der Waals surface area contributed by atoms with Crippen LogP contribution in [0.25, 0.3) is 0 Å². The van der Waals surface area contributed by atoms with Gasteiger partial charge in [-0.2, -0.15) is 14.0 Å². The summed E-state index contributed by atoms with van der Waals surface area (Å²) in [5.41, 5.74) is -1.56. The van der Waals surface area contributed by atoms with Crippen molar-refractivity contribution in [2.45, 2.75) is 38.2 Å². The maximum atomic E-state index is 12.5. The Kier molecular flexibility index (Phi) is 4.07. The fourth-order valence-electron chi connectivity index (χ4n) is 0.628. The molecule has 0 saturated heterocycles. The Hall–Kier alpha value is -1.32. The third kappa shape index (κ3) is 3.08. The molecular formula is C8H10F4N2O. The lowest BCUT2D eigenvalue weighted by molar-refractivity contribution is -0.170. The van der Waals surface area contributed by atoms with Gasteiger partial charge in [-0.05, 0) is 13.3 Å². The molecule has 0 rings (SSSR count). The SMILES string of the molecule is CCC(C)(C#N)NC(=O)C(F)(F)C(F)F. The minimum absolute atomic E-state index is 0.0363. The second-order valence-electron chi connectivity index (χ2n) is 3.18. The van der Waals surface area contributed by atoms with Crippen LogP contribution in [0.3, 0.4) is 0 Å². The van der Waals surface area contributed by atoms with Crippen molar-refractivity contribution in [3.63, 3.8) is 0 Å². The lowest BCUT2D eigenvalue weighted by Crippen LogP contribution is -2.53. The highest BCUT2D eigenvalue weighted by Crippen LogP contribution is 2.24. The highest BCUT2D eigenvalue weighted by atomic mass is 19.3. The molecule has 3 nitrogen and oxygen atoms in total. The van der Waals surface area contributed by atoms with E-state index in [0.717, 1.165) is 0 Å². The molecule has 0 aromatic heterocycles. The Morgan fingerprint density at radius 2 is 2.00 bits per heavy atom. The first-order chi connectivity index (χ1) is 6.69. The average molecular weight is 226 g/mol. The van der Waals surface area contributed by atoms with E-state index in [9.17, 15) is 22.4 Å². The first kappa shape index (κ1) is 13.7. The second kappa shape index (κ2) is 4.47. The average Bonchev–Trinajstić information content (AvgIpc) is 2.17. The van der Waals surface area contributed by atoms with E-state index in [1.54, 1.807) is 11.4 Å². The monoisotopic (exact) mass is 226 g/mol. The van der Waals surface area contributed by atoms with Crippen LogP contribution in [0, 0.1) is 11.3 Å². The molecule has 1 N–H and O–H groups in total. The minimum Gasteiger partial charge on any atom is -0.333 e. The highest BCUT2D eigenvalue weighted by molar-refractivity contribution is 5.84. The number of hydrogen-bond donors (Lipinski definition) is 1. The van der Waals surface area contributed by atoms with Crippen LogP contribution >= 0.6 is 0 Å². The topological polar surface area (TPSA) is 52.9 Å². The minimum atomic E-state index is -4.77. The molecule has 0 aromatic carbocycles. The van der Waals surface area contributed by atoms with Crippen LogP contribution in [0.4, 0.5) is 17.6 Å². The van der Waals surface area contributed by atoms with E-state index in [4.69, 9.17) is 5.26 Å². The summed E-state index contributed by atoms with van der Waals surface area (Å²) < 4.78 is 48.4. The molecule has 0 aromatic rings. The van der Waals surface area contributed by atoms with Crippen molar-refractivity contribution in [2.75, 3.05) is 0 Å². The quantitative estimate of drug-likeness (QED) is 0.741. The highest BCUT2D eigenvalue weighted by Gasteiger charge is 2.50. The Balaban J connectivity index is 4.72. The van der Waals surface area contributed by atoms with E-state index < -0.39 is 23.8 Å². The van der Waals surface area contributed by atoms with Crippen molar-refractivity contribution in [3.8, 4) is 6.07 Å². The molecule has 0 heterocycles. The summed E-state index contributed by atoms with van der Waals surface area (Å²) in [4.78, 5) is 10.7. The summed E-state index contributed by atoms with van der Waals surface area (Å²) in [5, 5.41) is 10.1. The van der Waals surface area contributed by atoms with Gasteiger partial charge in [0.1, 0.15) is 5.54 Å². The Labute approximate surface area is 84.1 Å². The molecule has 15 heavy (non-hydrogen) atoms. The van der Waals surface area contributed by atoms with E-state index in [-0.39, 0.29) is 6.42 Å². The van der Waals surface area contributed by atoms with Gasteiger partial charge in [-0.1, -0.05) is 6.92 Å². The molecule has 0 aliphatic carbocycles. The van der Waals surface area contributed by atoms with Crippen molar-refractivity contribution < 1.29 is 22.4 Å². The number of halogens is 4. The van der Waals surface area contributed by atoms with Gasteiger partial charge in [-0.25, -0.2) is 8.78 Å². The Bertz CT molecular complexity index is 287. The van der Waals surface area contributed by atoms with Gasteiger partial charge in [-0.15, -0.1) is 0 Å². The third-order valence-electron chi connectivity index (χ3n) is 1.92. The van der Waals surface area contributed by atoms with Crippen molar-refractivity contribution >= 4 is 5.91 Å². The molecule has 1 atom stereocenters. The third-order valence-corrected chi connectivity index (χ3v) is 1.92. The molecule has 0 aliphatic heterocycles. The number of nitriles is 1. The zero-order valence-electron chi connectivity index (χ0n) is 8.15. The molecule has 0 bridgehead atoms. The summed E-state index contributed by atoms with van der Waals surface area (Å²) in [5.74, 6) is -6.91. The number of amides is 1. The van der Waals surface area contributed by atoms with Gasteiger partial charge in [0.05, 0.1) is 6.07 Å². The summed E-state index contributed by atoms with van der Waals surface area (Å²) in [7, 11) is 0. The van der Waals surface area contributed by atoms with Gasteiger partial charge in [0, 0.05) is 0 Å². The van der Waals surface area contributed by atoms with E-state index >= 15 is 0 Å². The van der Waals surface area contributed by atoms with Gasteiger partial charge in [0.2, 0.25) is 0 Å². The van der Waals surface area contributed by atoms with Crippen LogP contribution in [0.2, 0.25) is 0 Å². The predicted octanol–water partition coefficient (Wildman–Crippen LogP) is 1.70. The van der Waals surface area contributed by atoms with Gasteiger partial charge in [0.15, 0.2) is 0 Å². The maximum absolute atomic E-state index is 12.5.